The third-order valence-corrected chi connectivity index (χ3v) is 4.50. The number of methoxy groups -OCH3 is 2. The van der Waals surface area contributed by atoms with Gasteiger partial charge in [0.2, 0.25) is 11.8 Å². The highest BCUT2D eigenvalue weighted by Crippen LogP contribution is 2.27. The molecular weight excluding hydrogens is 320 g/mol. The van der Waals surface area contributed by atoms with Crippen LogP contribution in [-0.2, 0) is 16.0 Å². The Morgan fingerprint density at radius 2 is 1.80 bits per heavy atom. The fraction of sp³-hybridized carbons (Fsp3) is 0.579. The van der Waals surface area contributed by atoms with Gasteiger partial charge in [-0.1, -0.05) is 6.07 Å². The van der Waals surface area contributed by atoms with Crippen LogP contribution in [0.5, 0.6) is 11.5 Å². The maximum absolute atomic E-state index is 12.3. The number of aryl methyl sites for hydroxylation is 1. The second-order valence-corrected chi connectivity index (χ2v) is 6.36. The number of piperidine rings is 1. The van der Waals surface area contributed by atoms with E-state index in [1.54, 1.807) is 21.1 Å². The minimum atomic E-state index is -0.476. The minimum Gasteiger partial charge on any atom is -0.493 e. The Hall–Kier alpha value is -2.24. The Morgan fingerprint density at radius 3 is 2.44 bits per heavy atom. The molecule has 1 heterocycles. The molecule has 1 N–H and O–H groups in total. The van der Waals surface area contributed by atoms with E-state index in [-0.39, 0.29) is 11.8 Å². The summed E-state index contributed by atoms with van der Waals surface area (Å²) in [7, 11) is 3.17. The third kappa shape index (κ3) is 5.37. The van der Waals surface area contributed by atoms with Crippen LogP contribution in [0.4, 0.5) is 0 Å². The summed E-state index contributed by atoms with van der Waals surface area (Å²) < 4.78 is 10.5. The quantitative estimate of drug-likeness (QED) is 0.820. The van der Waals surface area contributed by atoms with E-state index < -0.39 is 6.04 Å². The molecule has 0 saturated carbocycles. The predicted octanol–water partition coefficient (Wildman–Crippen LogP) is 2.15. The number of rotatable bonds is 7. The maximum atomic E-state index is 12.3. The van der Waals surface area contributed by atoms with Crippen molar-refractivity contribution in [1.82, 2.24) is 10.2 Å². The van der Waals surface area contributed by atoms with Crippen molar-refractivity contribution in [3.8, 4) is 11.5 Å². The number of hydrogen-bond donors (Lipinski definition) is 1. The van der Waals surface area contributed by atoms with Crippen molar-refractivity contribution in [1.29, 1.82) is 0 Å². The van der Waals surface area contributed by atoms with Crippen molar-refractivity contribution < 1.29 is 19.1 Å². The zero-order valence-corrected chi connectivity index (χ0v) is 15.3. The van der Waals surface area contributed by atoms with E-state index in [1.165, 1.54) is 6.42 Å². The Balaban J connectivity index is 1.82. The van der Waals surface area contributed by atoms with E-state index >= 15 is 0 Å². The number of benzene rings is 1. The van der Waals surface area contributed by atoms with Crippen LogP contribution in [0, 0.1) is 0 Å². The van der Waals surface area contributed by atoms with Gasteiger partial charge in [0, 0.05) is 19.5 Å². The predicted molar refractivity (Wildman–Crippen MR) is 95.9 cm³/mol. The van der Waals surface area contributed by atoms with Crippen LogP contribution in [0.25, 0.3) is 0 Å². The van der Waals surface area contributed by atoms with E-state index in [0.717, 1.165) is 31.5 Å². The lowest BCUT2D eigenvalue weighted by molar-refractivity contribution is -0.136. The van der Waals surface area contributed by atoms with Crippen LogP contribution in [0.15, 0.2) is 18.2 Å². The monoisotopic (exact) mass is 348 g/mol. The van der Waals surface area contributed by atoms with Crippen LogP contribution in [0.2, 0.25) is 0 Å². The Labute approximate surface area is 149 Å². The van der Waals surface area contributed by atoms with Gasteiger partial charge >= 0.3 is 0 Å². The van der Waals surface area contributed by atoms with Gasteiger partial charge in [-0.3, -0.25) is 9.59 Å². The molecule has 0 bridgehead atoms. The highest BCUT2D eigenvalue weighted by molar-refractivity contribution is 5.87. The number of carbonyl (C=O) groups excluding carboxylic acids is 2. The highest BCUT2D eigenvalue weighted by atomic mass is 16.5. The summed E-state index contributed by atoms with van der Waals surface area (Å²) in [6.45, 7) is 3.35. The summed E-state index contributed by atoms with van der Waals surface area (Å²) in [4.78, 5) is 26.3. The topological polar surface area (TPSA) is 67.9 Å². The van der Waals surface area contributed by atoms with Gasteiger partial charge in [0.15, 0.2) is 11.5 Å². The normalized spacial score (nSPS) is 15.4. The minimum absolute atomic E-state index is 0.0131. The molecule has 138 valence electrons. The van der Waals surface area contributed by atoms with Crippen LogP contribution in [0.3, 0.4) is 0 Å². The number of nitrogens with zero attached hydrogens (tertiary/aromatic N) is 1. The maximum Gasteiger partial charge on any atom is 0.244 e. The second kappa shape index (κ2) is 9.30. The number of likely N-dealkylation sites (tertiary alicyclic amines) is 1. The molecule has 1 unspecified atom stereocenters. The smallest absolute Gasteiger partial charge is 0.244 e. The van der Waals surface area contributed by atoms with E-state index in [4.69, 9.17) is 9.47 Å². The first-order valence-corrected chi connectivity index (χ1v) is 8.84. The Bertz CT molecular complexity index is 597. The fourth-order valence-electron chi connectivity index (χ4n) is 3.06. The molecule has 1 saturated heterocycles. The van der Waals surface area contributed by atoms with Gasteiger partial charge in [0.1, 0.15) is 6.04 Å². The van der Waals surface area contributed by atoms with Crippen molar-refractivity contribution in [2.24, 2.45) is 0 Å². The standard InChI is InChI=1S/C19H28N2O4/c1-14(19(23)21-11-5-4-6-12-21)20-18(22)10-8-15-7-9-16(24-2)17(13-15)25-3/h7,9,13-14H,4-6,8,10-12H2,1-3H3,(H,20,22). The van der Waals surface area contributed by atoms with Gasteiger partial charge in [0.05, 0.1) is 14.2 Å². The largest absolute Gasteiger partial charge is 0.493 e. The lowest BCUT2D eigenvalue weighted by Crippen LogP contribution is -2.48. The lowest BCUT2D eigenvalue weighted by atomic mass is 10.1. The van der Waals surface area contributed by atoms with Crippen molar-refractivity contribution in [2.45, 2.75) is 45.1 Å². The van der Waals surface area contributed by atoms with Crippen LogP contribution in [0.1, 0.15) is 38.2 Å². The zero-order chi connectivity index (χ0) is 18.2. The first-order valence-electron chi connectivity index (χ1n) is 8.84. The molecule has 0 aliphatic carbocycles. The molecule has 0 spiro atoms. The number of carbonyl (C=O) groups is 2. The molecule has 1 aliphatic rings. The molecule has 0 radical (unpaired) electrons. The van der Waals surface area contributed by atoms with E-state index in [9.17, 15) is 9.59 Å². The number of amides is 2. The number of nitrogens with one attached hydrogen (secondary N) is 1. The number of hydrogen-bond acceptors (Lipinski definition) is 4. The van der Waals surface area contributed by atoms with E-state index in [1.807, 2.05) is 23.1 Å². The van der Waals surface area contributed by atoms with Gasteiger partial charge in [-0.15, -0.1) is 0 Å². The van der Waals surface area contributed by atoms with Crippen LogP contribution < -0.4 is 14.8 Å². The molecule has 1 aliphatic heterocycles. The molecule has 0 aromatic heterocycles. The van der Waals surface area contributed by atoms with Gasteiger partial charge < -0.3 is 19.7 Å². The number of ether oxygens (including phenoxy) is 2. The molecule has 6 nitrogen and oxygen atoms in total. The summed E-state index contributed by atoms with van der Waals surface area (Å²) in [6.07, 6.45) is 4.18. The molecule has 1 fully saturated rings. The Morgan fingerprint density at radius 1 is 1.12 bits per heavy atom. The fourth-order valence-corrected chi connectivity index (χ4v) is 3.06. The van der Waals surface area contributed by atoms with Gasteiger partial charge in [0.25, 0.3) is 0 Å². The SMILES string of the molecule is COc1ccc(CCC(=O)NC(C)C(=O)N2CCCCC2)cc1OC. The molecule has 2 amide bonds. The van der Waals surface area contributed by atoms with Crippen LogP contribution in [-0.4, -0.2) is 50.1 Å². The second-order valence-electron chi connectivity index (χ2n) is 6.36. The molecule has 1 atom stereocenters. The average molecular weight is 348 g/mol. The first kappa shape index (κ1) is 19.1. The molecule has 25 heavy (non-hydrogen) atoms. The molecule has 1 aromatic rings. The third-order valence-electron chi connectivity index (χ3n) is 4.50. The lowest BCUT2D eigenvalue weighted by Gasteiger charge is -2.29. The van der Waals surface area contributed by atoms with Gasteiger partial charge in [-0.2, -0.15) is 0 Å². The van der Waals surface area contributed by atoms with Crippen molar-refractivity contribution >= 4 is 11.8 Å². The van der Waals surface area contributed by atoms with Gasteiger partial charge in [-0.05, 0) is 50.3 Å². The summed E-state index contributed by atoms with van der Waals surface area (Å²) in [5.41, 5.74) is 0.989. The van der Waals surface area contributed by atoms with Crippen LogP contribution >= 0.6 is 0 Å². The van der Waals surface area contributed by atoms with Crippen molar-refractivity contribution in [3.63, 3.8) is 0 Å². The summed E-state index contributed by atoms with van der Waals surface area (Å²) in [6, 6.07) is 5.14. The molecule has 1 aromatic carbocycles. The van der Waals surface area contributed by atoms with E-state index in [0.29, 0.717) is 24.3 Å². The average Bonchev–Trinajstić information content (AvgIpc) is 2.66. The zero-order valence-electron chi connectivity index (χ0n) is 15.3. The van der Waals surface area contributed by atoms with Gasteiger partial charge in [-0.25, -0.2) is 0 Å². The summed E-state index contributed by atoms with van der Waals surface area (Å²) in [5.74, 6) is 1.21. The Kier molecular flexibility index (Phi) is 7.10. The van der Waals surface area contributed by atoms with Crippen molar-refractivity contribution in [3.05, 3.63) is 23.8 Å². The summed E-state index contributed by atoms with van der Waals surface area (Å²) >= 11 is 0. The molecule has 6 heteroatoms. The van der Waals surface area contributed by atoms with E-state index in [2.05, 4.69) is 5.32 Å². The van der Waals surface area contributed by atoms with Crippen molar-refractivity contribution in [2.75, 3.05) is 27.3 Å². The molecular formula is C19H28N2O4. The first-order chi connectivity index (χ1) is 12.0. The highest BCUT2D eigenvalue weighted by Gasteiger charge is 2.23. The molecule has 2 rings (SSSR count). The summed E-state index contributed by atoms with van der Waals surface area (Å²) in [5, 5.41) is 2.81.